The molecule has 3 nitrogen and oxygen atoms in total. The van der Waals surface area contributed by atoms with Crippen LogP contribution in [-0.4, -0.2) is 15.2 Å². The summed E-state index contributed by atoms with van der Waals surface area (Å²) in [5, 5.41) is 8.25. The maximum absolute atomic E-state index is 4.21. The van der Waals surface area contributed by atoms with E-state index in [0.717, 1.165) is 16.7 Å². The van der Waals surface area contributed by atoms with Crippen molar-refractivity contribution >= 4 is 11.0 Å². The van der Waals surface area contributed by atoms with Gasteiger partial charge in [0, 0.05) is 11.6 Å². The first-order valence-corrected chi connectivity index (χ1v) is 4.08. The molecule has 0 saturated carbocycles. The number of rotatable bonds is 1. The van der Waals surface area contributed by atoms with Gasteiger partial charge in [-0.3, -0.25) is 5.10 Å². The molecule has 0 aliphatic rings. The fourth-order valence-corrected chi connectivity index (χ4v) is 1.31. The predicted molar refractivity (Wildman–Crippen MR) is 48.0 cm³/mol. The molecule has 0 aliphatic carbocycles. The maximum Gasteiger partial charge on any atom is 0.155 e. The highest BCUT2D eigenvalue weighted by atomic mass is 15.1. The molecular formula is C9H11N3. The average Bonchev–Trinajstić information content (AvgIpc) is 2.47. The van der Waals surface area contributed by atoms with Gasteiger partial charge in [0.1, 0.15) is 0 Å². The zero-order chi connectivity index (χ0) is 8.55. The van der Waals surface area contributed by atoms with E-state index in [1.54, 1.807) is 6.20 Å². The van der Waals surface area contributed by atoms with Crippen LogP contribution in [0, 0.1) is 0 Å². The molecule has 0 aromatic carbocycles. The Morgan fingerprint density at radius 3 is 3.00 bits per heavy atom. The standard InChI is InChI=1S/C9H11N3/c1-6(2)8-7-4-3-5-10-9(7)12-11-8/h3-6H,1-2H3,(H,10,11,12). The van der Waals surface area contributed by atoms with E-state index in [0.29, 0.717) is 5.92 Å². The van der Waals surface area contributed by atoms with Gasteiger partial charge in [-0.15, -0.1) is 0 Å². The van der Waals surface area contributed by atoms with Gasteiger partial charge in [-0.1, -0.05) is 13.8 Å². The highest BCUT2D eigenvalue weighted by molar-refractivity contribution is 5.77. The van der Waals surface area contributed by atoms with Crippen LogP contribution in [0.1, 0.15) is 25.5 Å². The summed E-state index contributed by atoms with van der Waals surface area (Å²) >= 11 is 0. The van der Waals surface area contributed by atoms with E-state index in [9.17, 15) is 0 Å². The van der Waals surface area contributed by atoms with E-state index in [1.807, 2.05) is 12.1 Å². The fourth-order valence-electron chi connectivity index (χ4n) is 1.31. The van der Waals surface area contributed by atoms with E-state index >= 15 is 0 Å². The summed E-state index contributed by atoms with van der Waals surface area (Å²) in [7, 11) is 0. The molecule has 0 amide bonds. The number of H-pyrrole nitrogens is 1. The van der Waals surface area contributed by atoms with E-state index in [4.69, 9.17) is 0 Å². The van der Waals surface area contributed by atoms with Crippen molar-refractivity contribution < 1.29 is 0 Å². The van der Waals surface area contributed by atoms with Gasteiger partial charge < -0.3 is 0 Å². The van der Waals surface area contributed by atoms with E-state index in [2.05, 4.69) is 29.0 Å². The number of nitrogens with zero attached hydrogens (tertiary/aromatic N) is 2. The quantitative estimate of drug-likeness (QED) is 0.695. The summed E-state index contributed by atoms with van der Waals surface area (Å²) in [5.41, 5.74) is 1.97. The fraction of sp³-hybridized carbons (Fsp3) is 0.333. The van der Waals surface area contributed by atoms with E-state index in [1.165, 1.54) is 0 Å². The molecule has 0 bridgehead atoms. The first kappa shape index (κ1) is 7.28. The molecule has 2 heterocycles. The summed E-state index contributed by atoms with van der Waals surface area (Å²) in [6.45, 7) is 4.26. The molecule has 0 spiro atoms. The molecule has 2 rings (SSSR count). The number of fused-ring (bicyclic) bond motifs is 1. The van der Waals surface area contributed by atoms with Crippen LogP contribution in [0.4, 0.5) is 0 Å². The third-order valence-electron chi connectivity index (χ3n) is 1.91. The van der Waals surface area contributed by atoms with Gasteiger partial charge in [0.25, 0.3) is 0 Å². The lowest BCUT2D eigenvalue weighted by Crippen LogP contribution is -1.87. The summed E-state index contributed by atoms with van der Waals surface area (Å²) < 4.78 is 0. The van der Waals surface area contributed by atoms with Gasteiger partial charge in [0.15, 0.2) is 5.65 Å². The smallest absolute Gasteiger partial charge is 0.155 e. The number of hydrogen-bond donors (Lipinski definition) is 1. The zero-order valence-electron chi connectivity index (χ0n) is 7.20. The predicted octanol–water partition coefficient (Wildman–Crippen LogP) is 2.08. The molecule has 3 heteroatoms. The molecule has 0 unspecified atom stereocenters. The SMILES string of the molecule is CC(C)c1n[nH]c2ncccc12. The molecule has 1 N–H and O–H groups in total. The van der Waals surface area contributed by atoms with Gasteiger partial charge in [0.2, 0.25) is 0 Å². The van der Waals surface area contributed by atoms with Crippen LogP contribution >= 0.6 is 0 Å². The van der Waals surface area contributed by atoms with Crippen LogP contribution in [-0.2, 0) is 0 Å². The summed E-state index contributed by atoms with van der Waals surface area (Å²) in [4.78, 5) is 4.17. The zero-order valence-corrected chi connectivity index (χ0v) is 7.20. The molecule has 2 aromatic rings. The molecule has 0 atom stereocenters. The van der Waals surface area contributed by atoms with Crippen molar-refractivity contribution in [2.75, 3.05) is 0 Å². The van der Waals surface area contributed by atoms with Gasteiger partial charge in [-0.25, -0.2) is 4.98 Å². The Bertz CT molecular complexity index is 389. The minimum Gasteiger partial charge on any atom is -0.261 e. The second kappa shape index (κ2) is 2.59. The number of aromatic amines is 1. The molecule has 0 fully saturated rings. The van der Waals surface area contributed by atoms with Crippen molar-refractivity contribution in [2.45, 2.75) is 19.8 Å². The van der Waals surface area contributed by atoms with Crippen LogP contribution in [0.3, 0.4) is 0 Å². The number of pyridine rings is 1. The van der Waals surface area contributed by atoms with Crippen LogP contribution in [0.5, 0.6) is 0 Å². The minimum atomic E-state index is 0.447. The number of hydrogen-bond acceptors (Lipinski definition) is 2. The molecule has 0 aliphatic heterocycles. The molecule has 62 valence electrons. The van der Waals surface area contributed by atoms with Gasteiger partial charge >= 0.3 is 0 Å². The lowest BCUT2D eigenvalue weighted by Gasteiger charge is -1.98. The van der Waals surface area contributed by atoms with Crippen molar-refractivity contribution in [3.05, 3.63) is 24.0 Å². The normalized spacial score (nSPS) is 11.2. The Labute approximate surface area is 70.8 Å². The van der Waals surface area contributed by atoms with Crippen molar-refractivity contribution in [1.82, 2.24) is 15.2 Å². The summed E-state index contributed by atoms with van der Waals surface area (Å²) in [6, 6.07) is 3.98. The van der Waals surface area contributed by atoms with Crippen molar-refractivity contribution in [3.8, 4) is 0 Å². The molecule has 0 saturated heterocycles. The highest BCUT2D eigenvalue weighted by Gasteiger charge is 2.08. The Morgan fingerprint density at radius 1 is 1.42 bits per heavy atom. The Hall–Kier alpha value is -1.38. The lowest BCUT2D eigenvalue weighted by atomic mass is 10.1. The summed E-state index contributed by atoms with van der Waals surface area (Å²) in [5.74, 6) is 0.447. The van der Waals surface area contributed by atoms with E-state index < -0.39 is 0 Å². The van der Waals surface area contributed by atoms with Crippen LogP contribution in [0.15, 0.2) is 18.3 Å². The Morgan fingerprint density at radius 2 is 2.25 bits per heavy atom. The van der Waals surface area contributed by atoms with Crippen molar-refractivity contribution in [2.24, 2.45) is 0 Å². The first-order chi connectivity index (χ1) is 5.79. The van der Waals surface area contributed by atoms with Gasteiger partial charge in [-0.2, -0.15) is 5.10 Å². The second-order valence-corrected chi connectivity index (χ2v) is 3.16. The molecule has 2 aromatic heterocycles. The van der Waals surface area contributed by atoms with E-state index in [-0.39, 0.29) is 0 Å². The minimum absolute atomic E-state index is 0.447. The second-order valence-electron chi connectivity index (χ2n) is 3.16. The monoisotopic (exact) mass is 161 g/mol. The average molecular weight is 161 g/mol. The third kappa shape index (κ3) is 0.978. The lowest BCUT2D eigenvalue weighted by molar-refractivity contribution is 0.817. The molecule has 12 heavy (non-hydrogen) atoms. The molecular weight excluding hydrogens is 150 g/mol. The topological polar surface area (TPSA) is 41.6 Å². The first-order valence-electron chi connectivity index (χ1n) is 4.08. The number of aromatic nitrogens is 3. The summed E-state index contributed by atoms with van der Waals surface area (Å²) in [6.07, 6.45) is 1.77. The van der Waals surface area contributed by atoms with Crippen molar-refractivity contribution in [1.29, 1.82) is 0 Å². The third-order valence-corrected chi connectivity index (χ3v) is 1.91. The highest BCUT2D eigenvalue weighted by Crippen LogP contribution is 2.20. The van der Waals surface area contributed by atoms with Crippen LogP contribution < -0.4 is 0 Å². The van der Waals surface area contributed by atoms with Crippen LogP contribution in [0.2, 0.25) is 0 Å². The maximum atomic E-state index is 4.21. The van der Waals surface area contributed by atoms with Gasteiger partial charge in [0.05, 0.1) is 5.69 Å². The van der Waals surface area contributed by atoms with Gasteiger partial charge in [-0.05, 0) is 18.1 Å². The Balaban J connectivity index is 2.70. The molecule has 0 radical (unpaired) electrons. The Kier molecular flexibility index (Phi) is 1.57. The van der Waals surface area contributed by atoms with Crippen molar-refractivity contribution in [3.63, 3.8) is 0 Å². The number of nitrogens with one attached hydrogen (secondary N) is 1. The largest absolute Gasteiger partial charge is 0.261 e. The van der Waals surface area contributed by atoms with Crippen LogP contribution in [0.25, 0.3) is 11.0 Å².